The van der Waals surface area contributed by atoms with Crippen molar-refractivity contribution in [1.82, 2.24) is 9.80 Å². The molecule has 2 fully saturated rings. The maximum absolute atomic E-state index is 12.8. The summed E-state index contributed by atoms with van der Waals surface area (Å²) in [5, 5.41) is 18.7. The van der Waals surface area contributed by atoms with Crippen molar-refractivity contribution in [3.05, 3.63) is 0 Å². The fraction of sp³-hybridized carbons (Fsp3) is 0.857. The van der Waals surface area contributed by atoms with Gasteiger partial charge in [0, 0.05) is 6.54 Å². The third-order valence-corrected chi connectivity index (χ3v) is 4.54. The number of hydrogen-bond donors (Lipinski definition) is 2. The van der Waals surface area contributed by atoms with Crippen LogP contribution >= 0.6 is 0 Å². The monoisotopic (exact) mass is 300 g/mol. The van der Waals surface area contributed by atoms with E-state index in [1.54, 1.807) is 11.8 Å². The number of carbonyl (C=O) groups is 2. The molecule has 2 heterocycles. The molecule has 0 radical (unpaired) electrons. The number of carboxylic acids is 1. The van der Waals surface area contributed by atoms with Gasteiger partial charge in [0.15, 0.2) is 0 Å². The first-order valence-corrected chi connectivity index (χ1v) is 7.44. The van der Waals surface area contributed by atoms with Gasteiger partial charge < -0.3 is 24.7 Å². The number of piperidine rings is 1. The predicted octanol–water partition coefficient (Wildman–Crippen LogP) is 0.517. The Kier molecular flexibility index (Phi) is 4.73. The summed E-state index contributed by atoms with van der Waals surface area (Å²) in [6.45, 7) is 4.44. The smallest absolute Gasteiger partial charge is 0.329 e. The van der Waals surface area contributed by atoms with E-state index in [2.05, 4.69) is 0 Å². The van der Waals surface area contributed by atoms with Crippen molar-refractivity contribution in [2.75, 3.05) is 26.3 Å². The molecule has 7 nitrogen and oxygen atoms in total. The van der Waals surface area contributed by atoms with Crippen LogP contribution in [0.15, 0.2) is 0 Å². The molecule has 0 spiro atoms. The first kappa shape index (κ1) is 16.0. The number of carbonyl (C=O) groups excluding carboxylic acids is 1. The third kappa shape index (κ3) is 2.98. The molecule has 2 N–H and O–H groups in total. The molecule has 0 aliphatic carbocycles. The summed E-state index contributed by atoms with van der Waals surface area (Å²) in [5.41, 5.74) is -1.15. The number of likely N-dealkylation sites (tertiary alicyclic amines) is 1. The molecule has 2 amide bonds. The summed E-state index contributed by atoms with van der Waals surface area (Å²) in [5.74, 6) is -0.963. The zero-order valence-corrected chi connectivity index (χ0v) is 12.6. The molecule has 7 heteroatoms. The van der Waals surface area contributed by atoms with Gasteiger partial charge in [-0.3, -0.25) is 0 Å². The van der Waals surface area contributed by atoms with Crippen LogP contribution in [-0.4, -0.2) is 76.0 Å². The lowest BCUT2D eigenvalue weighted by molar-refractivity contribution is -0.151. The summed E-state index contributed by atoms with van der Waals surface area (Å²) in [4.78, 5) is 27.5. The number of rotatable bonds is 2. The highest BCUT2D eigenvalue weighted by atomic mass is 16.5. The molecular formula is C14H24N2O5. The van der Waals surface area contributed by atoms with Crippen LogP contribution in [0.2, 0.25) is 0 Å². The van der Waals surface area contributed by atoms with Crippen molar-refractivity contribution in [1.29, 1.82) is 0 Å². The van der Waals surface area contributed by atoms with Crippen molar-refractivity contribution < 1.29 is 24.5 Å². The van der Waals surface area contributed by atoms with Gasteiger partial charge in [-0.05, 0) is 33.1 Å². The molecule has 21 heavy (non-hydrogen) atoms. The van der Waals surface area contributed by atoms with Crippen LogP contribution in [-0.2, 0) is 9.53 Å². The van der Waals surface area contributed by atoms with Crippen LogP contribution in [0.4, 0.5) is 4.79 Å². The summed E-state index contributed by atoms with van der Waals surface area (Å²) in [6.07, 6.45) is 1.70. The van der Waals surface area contributed by atoms with Gasteiger partial charge >= 0.3 is 12.0 Å². The fourth-order valence-electron chi connectivity index (χ4n) is 3.00. The van der Waals surface area contributed by atoms with E-state index in [1.807, 2.05) is 6.92 Å². The quantitative estimate of drug-likeness (QED) is 0.776. The van der Waals surface area contributed by atoms with Gasteiger partial charge in [0.2, 0.25) is 0 Å². The Morgan fingerprint density at radius 1 is 1.38 bits per heavy atom. The summed E-state index contributed by atoms with van der Waals surface area (Å²) in [7, 11) is 0. The van der Waals surface area contributed by atoms with Gasteiger partial charge in [-0.1, -0.05) is 0 Å². The number of amides is 2. The number of hydrogen-bond acceptors (Lipinski definition) is 4. The molecular weight excluding hydrogens is 276 g/mol. The van der Waals surface area contributed by atoms with E-state index in [0.717, 1.165) is 12.8 Å². The summed E-state index contributed by atoms with van der Waals surface area (Å²) >= 11 is 0. The second kappa shape index (κ2) is 6.19. The van der Waals surface area contributed by atoms with Gasteiger partial charge in [0.05, 0.1) is 31.9 Å². The number of morpholine rings is 1. The number of aliphatic hydroxyl groups is 1. The van der Waals surface area contributed by atoms with Crippen LogP contribution in [0, 0.1) is 0 Å². The highest BCUT2D eigenvalue weighted by Crippen LogP contribution is 2.30. The van der Waals surface area contributed by atoms with E-state index in [9.17, 15) is 19.8 Å². The number of nitrogens with zero attached hydrogens (tertiary/aromatic N) is 2. The van der Waals surface area contributed by atoms with E-state index in [4.69, 9.17) is 4.74 Å². The van der Waals surface area contributed by atoms with Crippen LogP contribution in [0.5, 0.6) is 0 Å². The van der Waals surface area contributed by atoms with Crippen molar-refractivity contribution in [3.63, 3.8) is 0 Å². The number of carboxylic acid groups (broad SMARTS) is 1. The van der Waals surface area contributed by atoms with Gasteiger partial charge in [-0.2, -0.15) is 0 Å². The number of ether oxygens (including phenoxy) is 1. The number of urea groups is 1. The minimum absolute atomic E-state index is 0.125. The lowest BCUT2D eigenvalue weighted by Crippen LogP contribution is -2.64. The molecule has 3 unspecified atom stereocenters. The predicted molar refractivity (Wildman–Crippen MR) is 75.0 cm³/mol. The van der Waals surface area contributed by atoms with Crippen LogP contribution in [0.1, 0.15) is 33.1 Å². The Morgan fingerprint density at radius 2 is 2.10 bits per heavy atom. The third-order valence-electron chi connectivity index (χ3n) is 4.54. The molecule has 2 rings (SSSR count). The second-order valence-electron chi connectivity index (χ2n) is 6.11. The summed E-state index contributed by atoms with van der Waals surface area (Å²) < 4.78 is 5.43. The maximum Gasteiger partial charge on any atom is 0.329 e. The van der Waals surface area contributed by atoms with Gasteiger partial charge in [0.1, 0.15) is 5.54 Å². The highest BCUT2D eigenvalue weighted by molar-refractivity contribution is 5.86. The molecule has 0 aromatic rings. The first-order valence-electron chi connectivity index (χ1n) is 7.44. The molecule has 3 atom stereocenters. The molecule has 0 aromatic heterocycles. The minimum Gasteiger partial charge on any atom is -0.480 e. The molecule has 0 bridgehead atoms. The molecule has 120 valence electrons. The zero-order valence-electron chi connectivity index (χ0n) is 12.6. The largest absolute Gasteiger partial charge is 0.480 e. The minimum atomic E-state index is -1.15. The Labute approximate surface area is 124 Å². The number of aliphatic hydroxyl groups excluding tert-OH is 1. The van der Waals surface area contributed by atoms with E-state index in [0.29, 0.717) is 26.1 Å². The SMILES string of the molecule is CC1COC(CO)CN1C(=O)N1CCCCC1(C)C(=O)O. The lowest BCUT2D eigenvalue weighted by atomic mass is 9.88. The van der Waals surface area contributed by atoms with Crippen LogP contribution in [0.3, 0.4) is 0 Å². The van der Waals surface area contributed by atoms with Gasteiger partial charge in [0.25, 0.3) is 0 Å². The normalized spacial score (nSPS) is 33.9. The van der Waals surface area contributed by atoms with E-state index >= 15 is 0 Å². The molecule has 2 aliphatic heterocycles. The Morgan fingerprint density at radius 3 is 2.71 bits per heavy atom. The Hall–Kier alpha value is -1.34. The highest BCUT2D eigenvalue weighted by Gasteiger charge is 2.46. The van der Waals surface area contributed by atoms with Crippen molar-refractivity contribution >= 4 is 12.0 Å². The molecule has 2 aliphatic rings. The first-order chi connectivity index (χ1) is 9.90. The molecule has 2 saturated heterocycles. The topological polar surface area (TPSA) is 90.3 Å². The zero-order chi connectivity index (χ0) is 15.6. The van der Waals surface area contributed by atoms with Gasteiger partial charge in [-0.25, -0.2) is 9.59 Å². The Balaban J connectivity index is 2.18. The van der Waals surface area contributed by atoms with Gasteiger partial charge in [-0.15, -0.1) is 0 Å². The van der Waals surface area contributed by atoms with Crippen molar-refractivity contribution in [2.24, 2.45) is 0 Å². The average molecular weight is 300 g/mol. The van der Waals surface area contributed by atoms with Crippen molar-refractivity contribution in [3.8, 4) is 0 Å². The van der Waals surface area contributed by atoms with Crippen molar-refractivity contribution in [2.45, 2.75) is 50.8 Å². The van der Waals surface area contributed by atoms with Crippen LogP contribution in [0.25, 0.3) is 0 Å². The number of aliphatic carboxylic acids is 1. The van der Waals surface area contributed by atoms with Crippen LogP contribution < -0.4 is 0 Å². The fourth-order valence-corrected chi connectivity index (χ4v) is 3.00. The van der Waals surface area contributed by atoms with E-state index < -0.39 is 17.6 Å². The summed E-state index contributed by atoms with van der Waals surface area (Å²) in [6, 6.07) is -0.394. The standard InChI is InChI=1S/C14H24N2O5/c1-10-9-21-11(8-17)7-15(10)13(20)16-6-4-3-5-14(16,2)12(18)19/h10-11,17H,3-9H2,1-2H3,(H,18,19). The average Bonchev–Trinajstić information content (AvgIpc) is 2.47. The molecule has 0 saturated carbocycles. The van der Waals surface area contributed by atoms with E-state index in [1.165, 1.54) is 4.90 Å². The lowest BCUT2D eigenvalue weighted by Gasteiger charge is -2.46. The second-order valence-corrected chi connectivity index (χ2v) is 6.11. The van der Waals surface area contributed by atoms with E-state index in [-0.39, 0.29) is 18.7 Å². The Bertz CT molecular complexity index is 416. The molecule has 0 aromatic carbocycles. The maximum atomic E-state index is 12.8.